The molecule has 1 saturated heterocycles. The first-order valence-corrected chi connectivity index (χ1v) is 13.6. The number of nitrogens with one attached hydrogen (secondary N) is 1. The number of piperazine rings is 1. The van der Waals surface area contributed by atoms with Gasteiger partial charge in [0.2, 0.25) is 11.8 Å². The van der Waals surface area contributed by atoms with Crippen LogP contribution in [0.5, 0.6) is 11.8 Å². The van der Waals surface area contributed by atoms with Crippen molar-refractivity contribution < 1.29 is 29.3 Å². The van der Waals surface area contributed by atoms with Crippen LogP contribution in [-0.4, -0.2) is 80.6 Å². The molecule has 12 heteroatoms. The van der Waals surface area contributed by atoms with Gasteiger partial charge in [0, 0.05) is 59.8 Å². The van der Waals surface area contributed by atoms with Gasteiger partial charge in [0.25, 0.3) is 0 Å². The number of hydrogen-bond donors (Lipinski definition) is 3. The molecule has 2 aromatic heterocycles. The van der Waals surface area contributed by atoms with Crippen molar-refractivity contribution in [3.63, 3.8) is 0 Å². The molecule has 1 aliphatic rings. The number of rotatable bonds is 6. The van der Waals surface area contributed by atoms with Gasteiger partial charge in [-0.25, -0.2) is 14.6 Å². The molecule has 0 atom stereocenters. The number of anilines is 1. The van der Waals surface area contributed by atoms with Gasteiger partial charge in [0.1, 0.15) is 11.4 Å². The van der Waals surface area contributed by atoms with Crippen molar-refractivity contribution in [3.8, 4) is 11.8 Å². The van der Waals surface area contributed by atoms with Crippen molar-refractivity contribution in [2.45, 2.75) is 39.8 Å². The summed E-state index contributed by atoms with van der Waals surface area (Å²) in [5.41, 5.74) is 4.79. The Morgan fingerprint density at radius 1 is 1.12 bits per heavy atom. The first-order valence-electron chi connectivity index (χ1n) is 12.8. The van der Waals surface area contributed by atoms with Gasteiger partial charge < -0.3 is 24.6 Å². The monoisotopic (exact) mass is 615 g/mol. The number of methoxy groups -OCH3 is 1. The first kappa shape index (κ1) is 29.2. The van der Waals surface area contributed by atoms with Crippen LogP contribution in [0.15, 0.2) is 34.8 Å². The summed E-state index contributed by atoms with van der Waals surface area (Å²) in [6, 6.07) is 7.71. The molecule has 0 spiro atoms. The summed E-state index contributed by atoms with van der Waals surface area (Å²) in [7, 11) is 1.26. The minimum atomic E-state index is -0.586. The predicted octanol–water partition coefficient (Wildman–Crippen LogP) is 4.63. The van der Waals surface area contributed by atoms with Gasteiger partial charge in [0.05, 0.1) is 12.6 Å². The summed E-state index contributed by atoms with van der Waals surface area (Å²) in [6.45, 7) is 10.3. The quantitative estimate of drug-likeness (QED) is 0.268. The zero-order chi connectivity index (χ0) is 29.2. The van der Waals surface area contributed by atoms with E-state index in [1.165, 1.54) is 13.2 Å². The second kappa shape index (κ2) is 11.8. The maximum absolute atomic E-state index is 12.5. The van der Waals surface area contributed by atoms with Crippen molar-refractivity contribution >= 4 is 50.8 Å². The maximum atomic E-state index is 12.5. The van der Waals surface area contributed by atoms with Gasteiger partial charge in [-0.15, -0.1) is 0 Å². The lowest BCUT2D eigenvalue weighted by Crippen LogP contribution is -2.49. The highest BCUT2D eigenvalue weighted by Gasteiger charge is 2.26. The number of ether oxygens (including phenoxy) is 2. The second-order valence-corrected chi connectivity index (χ2v) is 11.5. The SMILES string of the molecule is COC(=O)C=Cc1c(C)c(O)n(Nc2cc(CN3CCN(C(=O)OC(C)(C)C)CC3)c3ccc(Br)cc3n2)c1O. The van der Waals surface area contributed by atoms with E-state index in [0.717, 1.165) is 31.7 Å². The Morgan fingerprint density at radius 3 is 2.48 bits per heavy atom. The zero-order valence-corrected chi connectivity index (χ0v) is 24.8. The molecule has 0 radical (unpaired) electrons. The Bertz CT molecular complexity index is 1450. The van der Waals surface area contributed by atoms with Crippen LogP contribution in [0.25, 0.3) is 17.0 Å². The smallest absolute Gasteiger partial charge is 0.410 e. The van der Waals surface area contributed by atoms with E-state index in [1.54, 1.807) is 11.8 Å². The van der Waals surface area contributed by atoms with Crippen LogP contribution >= 0.6 is 15.9 Å². The molecule has 1 aliphatic heterocycles. The Labute approximate surface area is 241 Å². The van der Waals surface area contributed by atoms with Crippen LogP contribution in [0.1, 0.15) is 37.5 Å². The number of carbonyl (C=O) groups excluding carboxylic acids is 2. The zero-order valence-electron chi connectivity index (χ0n) is 23.2. The van der Waals surface area contributed by atoms with Crippen molar-refractivity contribution in [2.75, 3.05) is 38.7 Å². The molecule has 4 rings (SSSR count). The number of halogens is 1. The number of benzene rings is 1. The number of carbonyl (C=O) groups is 2. The topological polar surface area (TPSA) is 129 Å². The molecule has 0 aliphatic carbocycles. The molecule has 0 saturated carbocycles. The highest BCUT2D eigenvalue weighted by Crippen LogP contribution is 2.34. The number of amides is 1. The molecule has 0 bridgehead atoms. The number of hydrogen-bond acceptors (Lipinski definition) is 9. The minimum absolute atomic E-state index is 0.224. The Balaban J connectivity index is 1.58. The van der Waals surface area contributed by atoms with Crippen LogP contribution in [0.4, 0.5) is 10.6 Å². The summed E-state index contributed by atoms with van der Waals surface area (Å²) < 4.78 is 12.1. The van der Waals surface area contributed by atoms with Gasteiger partial charge in [0.15, 0.2) is 0 Å². The number of pyridine rings is 1. The lowest BCUT2D eigenvalue weighted by molar-refractivity contribution is -0.134. The number of aromatic hydroxyl groups is 2. The normalized spacial score (nSPS) is 14.6. The van der Waals surface area contributed by atoms with Crippen molar-refractivity contribution in [2.24, 2.45) is 0 Å². The third-order valence-electron chi connectivity index (χ3n) is 6.49. The van der Waals surface area contributed by atoms with E-state index in [1.807, 2.05) is 45.0 Å². The van der Waals surface area contributed by atoms with Crippen LogP contribution < -0.4 is 5.43 Å². The Kier molecular flexibility index (Phi) is 8.59. The number of aromatic nitrogens is 2. The van der Waals surface area contributed by atoms with Gasteiger partial charge in [-0.05, 0) is 57.5 Å². The lowest BCUT2D eigenvalue weighted by atomic mass is 10.1. The number of fused-ring (bicyclic) bond motifs is 1. The van der Waals surface area contributed by atoms with E-state index >= 15 is 0 Å². The van der Waals surface area contributed by atoms with Crippen molar-refractivity contribution in [1.82, 2.24) is 19.5 Å². The Hall–Kier alpha value is -3.77. The molecule has 3 N–H and O–H groups in total. The van der Waals surface area contributed by atoms with Gasteiger partial charge in [-0.2, -0.15) is 4.68 Å². The van der Waals surface area contributed by atoms with Crippen LogP contribution in [-0.2, 0) is 20.8 Å². The van der Waals surface area contributed by atoms with Gasteiger partial charge >= 0.3 is 12.1 Å². The largest absolute Gasteiger partial charge is 0.493 e. The molecule has 1 aromatic carbocycles. The fourth-order valence-electron chi connectivity index (χ4n) is 4.43. The van der Waals surface area contributed by atoms with Gasteiger partial charge in [-0.3, -0.25) is 10.3 Å². The summed E-state index contributed by atoms with van der Waals surface area (Å²) in [4.78, 5) is 32.7. The molecule has 3 aromatic rings. The lowest BCUT2D eigenvalue weighted by Gasteiger charge is -2.35. The van der Waals surface area contributed by atoms with E-state index in [0.29, 0.717) is 44.1 Å². The van der Waals surface area contributed by atoms with Crippen LogP contribution in [0.3, 0.4) is 0 Å². The fraction of sp³-hybridized carbons (Fsp3) is 0.393. The third-order valence-corrected chi connectivity index (χ3v) is 6.99. The fourth-order valence-corrected chi connectivity index (χ4v) is 4.78. The van der Waals surface area contributed by atoms with Crippen molar-refractivity contribution in [3.05, 3.63) is 51.5 Å². The molecule has 1 fully saturated rings. The van der Waals surface area contributed by atoms with E-state index < -0.39 is 11.6 Å². The average molecular weight is 617 g/mol. The van der Waals surface area contributed by atoms with Crippen LogP contribution in [0, 0.1) is 6.92 Å². The standard InChI is InChI=1S/C28H34BrN5O6/c1-17-20(8-9-24(35)39-5)26(37)34(25(17)36)31-23-14-18(21-7-6-19(29)15-22(21)30-23)16-32-10-12-33(13-11-32)27(38)40-28(2,3)4/h6-9,14-15,36-37H,10-13,16H2,1-5H3,(H,30,31). The van der Waals surface area contributed by atoms with Crippen molar-refractivity contribution in [1.29, 1.82) is 0 Å². The molecular weight excluding hydrogens is 582 g/mol. The summed E-state index contributed by atoms with van der Waals surface area (Å²) >= 11 is 3.51. The molecule has 0 unspecified atom stereocenters. The third kappa shape index (κ3) is 6.68. The van der Waals surface area contributed by atoms with E-state index in [4.69, 9.17) is 9.72 Å². The average Bonchev–Trinajstić information content (AvgIpc) is 3.09. The summed E-state index contributed by atoms with van der Waals surface area (Å²) in [5, 5.41) is 22.5. The molecule has 40 heavy (non-hydrogen) atoms. The van der Waals surface area contributed by atoms with Crippen LogP contribution in [0.2, 0.25) is 0 Å². The highest BCUT2D eigenvalue weighted by molar-refractivity contribution is 9.10. The minimum Gasteiger partial charge on any atom is -0.493 e. The van der Waals surface area contributed by atoms with E-state index in [2.05, 4.69) is 31.0 Å². The molecule has 214 valence electrons. The summed E-state index contributed by atoms with van der Waals surface area (Å²) in [5.74, 6) is -0.696. The van der Waals surface area contributed by atoms with Gasteiger partial charge in [-0.1, -0.05) is 22.0 Å². The van der Waals surface area contributed by atoms with E-state index in [9.17, 15) is 19.8 Å². The number of nitrogens with zero attached hydrogens (tertiary/aromatic N) is 4. The first-order chi connectivity index (χ1) is 18.9. The van der Waals surface area contributed by atoms with E-state index in [-0.39, 0.29) is 23.4 Å². The second-order valence-electron chi connectivity index (χ2n) is 10.6. The molecule has 1 amide bonds. The Morgan fingerprint density at radius 2 is 1.82 bits per heavy atom. The molecular formula is C28H34BrN5O6. The number of esters is 1. The predicted molar refractivity (Wildman–Crippen MR) is 155 cm³/mol. The molecule has 3 heterocycles. The maximum Gasteiger partial charge on any atom is 0.410 e. The molecule has 11 nitrogen and oxygen atoms in total. The highest BCUT2D eigenvalue weighted by atomic mass is 79.9. The summed E-state index contributed by atoms with van der Waals surface area (Å²) in [6.07, 6.45) is 2.24.